The maximum Gasteiger partial charge on any atom is 0.250 e. The molecule has 120 valence electrons. The molecule has 1 aromatic carbocycles. The first kappa shape index (κ1) is 15.6. The van der Waals surface area contributed by atoms with E-state index in [9.17, 15) is 4.79 Å². The molecular formula is C19H23N3O. The van der Waals surface area contributed by atoms with Crippen molar-refractivity contribution in [2.24, 2.45) is 7.05 Å². The minimum atomic E-state index is 0.0113. The molecule has 0 saturated heterocycles. The third-order valence-electron chi connectivity index (χ3n) is 4.21. The van der Waals surface area contributed by atoms with Crippen LogP contribution >= 0.6 is 0 Å². The summed E-state index contributed by atoms with van der Waals surface area (Å²) in [5, 5.41) is 2.14. The van der Waals surface area contributed by atoms with Gasteiger partial charge < -0.3 is 9.58 Å². The van der Waals surface area contributed by atoms with Crippen molar-refractivity contribution in [3.63, 3.8) is 0 Å². The van der Waals surface area contributed by atoms with Gasteiger partial charge in [-0.3, -0.25) is 4.79 Å². The molecule has 4 heteroatoms. The third kappa shape index (κ3) is 3.08. The van der Waals surface area contributed by atoms with E-state index >= 15 is 0 Å². The van der Waals surface area contributed by atoms with Gasteiger partial charge in [0, 0.05) is 37.6 Å². The SMILES string of the molecule is CCCN1C=C(c2cn(C)c(=O)cc2-c2ccccc2)C(C)N1. The van der Waals surface area contributed by atoms with Crippen LogP contribution in [-0.2, 0) is 7.05 Å². The van der Waals surface area contributed by atoms with E-state index in [0.29, 0.717) is 0 Å². The predicted molar refractivity (Wildman–Crippen MR) is 94.7 cm³/mol. The summed E-state index contributed by atoms with van der Waals surface area (Å²) in [4.78, 5) is 12.1. The third-order valence-corrected chi connectivity index (χ3v) is 4.21. The number of benzene rings is 1. The van der Waals surface area contributed by atoms with Crippen molar-refractivity contribution in [3.05, 3.63) is 64.7 Å². The Hall–Kier alpha value is -2.33. The minimum absolute atomic E-state index is 0.0113. The number of nitrogens with one attached hydrogen (secondary N) is 1. The number of aryl methyl sites for hydroxylation is 1. The highest BCUT2D eigenvalue weighted by Crippen LogP contribution is 2.31. The van der Waals surface area contributed by atoms with Crippen LogP contribution in [0.2, 0.25) is 0 Å². The summed E-state index contributed by atoms with van der Waals surface area (Å²) in [5.41, 5.74) is 7.87. The fourth-order valence-electron chi connectivity index (χ4n) is 3.02. The molecule has 23 heavy (non-hydrogen) atoms. The second-order valence-corrected chi connectivity index (χ2v) is 6.04. The number of nitrogens with zero attached hydrogens (tertiary/aromatic N) is 2. The molecule has 4 nitrogen and oxygen atoms in total. The summed E-state index contributed by atoms with van der Waals surface area (Å²) < 4.78 is 1.65. The largest absolute Gasteiger partial charge is 0.318 e. The number of hydrazine groups is 1. The van der Waals surface area contributed by atoms with Crippen LogP contribution in [0.25, 0.3) is 16.7 Å². The van der Waals surface area contributed by atoms with Gasteiger partial charge in [0.25, 0.3) is 5.56 Å². The van der Waals surface area contributed by atoms with Gasteiger partial charge in [-0.25, -0.2) is 5.43 Å². The van der Waals surface area contributed by atoms with Crippen LogP contribution in [0.4, 0.5) is 0 Å². The van der Waals surface area contributed by atoms with Crippen LogP contribution in [0.5, 0.6) is 0 Å². The van der Waals surface area contributed by atoms with E-state index in [0.717, 1.165) is 29.7 Å². The first-order chi connectivity index (χ1) is 11.1. The van der Waals surface area contributed by atoms with E-state index < -0.39 is 0 Å². The topological polar surface area (TPSA) is 37.3 Å². The van der Waals surface area contributed by atoms with E-state index in [1.807, 2.05) is 24.4 Å². The van der Waals surface area contributed by atoms with Gasteiger partial charge in [-0.1, -0.05) is 37.3 Å². The maximum absolute atomic E-state index is 12.1. The Kier molecular flexibility index (Phi) is 4.35. The molecule has 3 rings (SSSR count). The quantitative estimate of drug-likeness (QED) is 0.943. The summed E-state index contributed by atoms with van der Waals surface area (Å²) in [6.45, 7) is 5.29. The van der Waals surface area contributed by atoms with Crippen LogP contribution in [0.15, 0.2) is 53.6 Å². The van der Waals surface area contributed by atoms with Crippen molar-refractivity contribution in [1.29, 1.82) is 0 Å². The Balaban J connectivity index is 2.14. The molecule has 0 saturated carbocycles. The fraction of sp³-hybridized carbons (Fsp3) is 0.316. The standard InChI is InChI=1S/C19H23N3O/c1-4-10-22-13-17(14(2)20-22)18-12-21(3)19(23)11-16(18)15-8-6-5-7-9-15/h5-9,11-14,20H,4,10H2,1-3H3. The monoisotopic (exact) mass is 309 g/mol. The summed E-state index contributed by atoms with van der Waals surface area (Å²) in [6.07, 6.45) is 5.20. The van der Waals surface area contributed by atoms with E-state index in [4.69, 9.17) is 0 Å². The van der Waals surface area contributed by atoms with Gasteiger partial charge in [0.2, 0.25) is 0 Å². The highest BCUT2D eigenvalue weighted by molar-refractivity contribution is 5.83. The average molecular weight is 309 g/mol. The molecule has 1 aliphatic heterocycles. The lowest BCUT2D eigenvalue weighted by Crippen LogP contribution is -2.34. The predicted octanol–water partition coefficient (Wildman–Crippen LogP) is 3.01. The van der Waals surface area contributed by atoms with Crippen molar-refractivity contribution >= 4 is 5.57 Å². The molecule has 0 radical (unpaired) electrons. The second kappa shape index (κ2) is 6.42. The Labute approximate surface area is 137 Å². The molecule has 2 aromatic rings. The van der Waals surface area contributed by atoms with E-state index in [-0.39, 0.29) is 11.6 Å². The average Bonchev–Trinajstić information content (AvgIpc) is 2.91. The highest BCUT2D eigenvalue weighted by atomic mass is 16.1. The number of hydrogen-bond acceptors (Lipinski definition) is 3. The van der Waals surface area contributed by atoms with Crippen LogP contribution in [-0.4, -0.2) is 22.2 Å². The second-order valence-electron chi connectivity index (χ2n) is 6.04. The maximum atomic E-state index is 12.1. The zero-order valence-corrected chi connectivity index (χ0v) is 13.9. The fourth-order valence-corrected chi connectivity index (χ4v) is 3.02. The zero-order chi connectivity index (χ0) is 16.4. The first-order valence-electron chi connectivity index (χ1n) is 8.11. The lowest BCUT2D eigenvalue weighted by molar-refractivity contribution is 0.281. The van der Waals surface area contributed by atoms with Gasteiger partial charge in [-0.2, -0.15) is 0 Å². The molecule has 2 heterocycles. The first-order valence-corrected chi connectivity index (χ1v) is 8.11. The van der Waals surface area contributed by atoms with Crippen LogP contribution in [0, 0.1) is 0 Å². The van der Waals surface area contributed by atoms with Gasteiger partial charge in [0.15, 0.2) is 0 Å². The van der Waals surface area contributed by atoms with Gasteiger partial charge in [0.1, 0.15) is 0 Å². The smallest absolute Gasteiger partial charge is 0.250 e. The molecule has 0 aliphatic carbocycles. The van der Waals surface area contributed by atoms with Gasteiger partial charge in [-0.05, 0) is 30.0 Å². The lowest BCUT2D eigenvalue weighted by atomic mass is 9.94. The Bertz CT molecular complexity index is 777. The van der Waals surface area contributed by atoms with Crippen LogP contribution < -0.4 is 11.0 Å². The van der Waals surface area contributed by atoms with Crippen molar-refractivity contribution in [2.75, 3.05) is 6.54 Å². The number of aromatic nitrogens is 1. The van der Waals surface area contributed by atoms with Gasteiger partial charge in [0.05, 0.1) is 6.04 Å². The molecular weight excluding hydrogens is 286 g/mol. The van der Waals surface area contributed by atoms with Gasteiger partial charge in [-0.15, -0.1) is 0 Å². The van der Waals surface area contributed by atoms with Gasteiger partial charge >= 0.3 is 0 Å². The summed E-state index contributed by atoms with van der Waals surface area (Å²) in [5.74, 6) is 0. The lowest BCUT2D eigenvalue weighted by Gasteiger charge is -2.17. The molecule has 0 spiro atoms. The van der Waals surface area contributed by atoms with Crippen LogP contribution in [0.3, 0.4) is 0 Å². The van der Waals surface area contributed by atoms with Crippen molar-refractivity contribution < 1.29 is 0 Å². The normalized spacial score (nSPS) is 17.4. The van der Waals surface area contributed by atoms with Crippen LogP contribution in [0.1, 0.15) is 25.8 Å². The molecule has 1 atom stereocenters. The molecule has 0 amide bonds. The van der Waals surface area contributed by atoms with E-state index in [1.54, 1.807) is 17.7 Å². The molecule has 1 N–H and O–H groups in total. The molecule has 1 aromatic heterocycles. The highest BCUT2D eigenvalue weighted by Gasteiger charge is 2.23. The van der Waals surface area contributed by atoms with E-state index in [2.05, 4.69) is 42.6 Å². The summed E-state index contributed by atoms with van der Waals surface area (Å²) in [7, 11) is 1.80. The van der Waals surface area contributed by atoms with E-state index in [1.165, 1.54) is 5.57 Å². The van der Waals surface area contributed by atoms with Crippen molar-refractivity contribution in [2.45, 2.75) is 26.3 Å². The number of rotatable bonds is 4. The minimum Gasteiger partial charge on any atom is -0.318 e. The summed E-state index contributed by atoms with van der Waals surface area (Å²) in [6, 6.07) is 12.1. The Morgan fingerprint density at radius 3 is 2.61 bits per heavy atom. The van der Waals surface area contributed by atoms with Crippen molar-refractivity contribution in [1.82, 2.24) is 15.0 Å². The number of pyridine rings is 1. The van der Waals surface area contributed by atoms with Crippen molar-refractivity contribution in [3.8, 4) is 11.1 Å². The Morgan fingerprint density at radius 2 is 1.91 bits per heavy atom. The number of hydrogen-bond donors (Lipinski definition) is 1. The summed E-state index contributed by atoms with van der Waals surface area (Å²) >= 11 is 0. The molecule has 0 fully saturated rings. The Morgan fingerprint density at radius 1 is 1.17 bits per heavy atom. The molecule has 0 bridgehead atoms. The molecule has 1 aliphatic rings. The molecule has 1 unspecified atom stereocenters. The zero-order valence-electron chi connectivity index (χ0n) is 13.9.